The van der Waals surface area contributed by atoms with E-state index in [1.165, 1.54) is 18.4 Å². The number of nitrogens with zero attached hydrogens (tertiary/aromatic N) is 4. The standard InChI is InChI=1S/C18H22Cl2N4/c1-13-8-18(22-12-21-13)23(2)15-4-3-7-24(11-15)10-14-5-6-16(19)17(20)9-14/h5-6,8-9,12,15H,3-4,7,10-11H2,1-2H3. The topological polar surface area (TPSA) is 32.3 Å². The smallest absolute Gasteiger partial charge is 0.132 e. The van der Waals surface area contributed by atoms with Gasteiger partial charge in [-0.3, -0.25) is 4.90 Å². The fourth-order valence-electron chi connectivity index (χ4n) is 3.21. The van der Waals surface area contributed by atoms with E-state index in [0.29, 0.717) is 16.1 Å². The van der Waals surface area contributed by atoms with Gasteiger partial charge in [-0.25, -0.2) is 9.97 Å². The SMILES string of the molecule is Cc1cc(N(C)C2CCCN(Cc3ccc(Cl)c(Cl)c3)C2)ncn1. The zero-order valence-corrected chi connectivity index (χ0v) is 15.6. The summed E-state index contributed by atoms with van der Waals surface area (Å²) >= 11 is 12.1. The number of likely N-dealkylation sites (tertiary alicyclic amines) is 1. The number of hydrogen-bond donors (Lipinski definition) is 0. The first-order valence-electron chi connectivity index (χ1n) is 8.20. The largest absolute Gasteiger partial charge is 0.355 e. The highest BCUT2D eigenvalue weighted by atomic mass is 35.5. The Labute approximate surface area is 153 Å². The first-order valence-corrected chi connectivity index (χ1v) is 8.96. The molecule has 1 atom stereocenters. The Morgan fingerprint density at radius 2 is 2.04 bits per heavy atom. The maximum Gasteiger partial charge on any atom is 0.132 e. The van der Waals surface area contributed by atoms with Gasteiger partial charge in [-0.05, 0) is 44.0 Å². The molecule has 0 saturated carbocycles. The van der Waals surface area contributed by atoms with Gasteiger partial charge in [0, 0.05) is 37.9 Å². The molecule has 0 bridgehead atoms. The minimum atomic E-state index is 0.454. The number of piperidine rings is 1. The van der Waals surface area contributed by atoms with E-state index in [4.69, 9.17) is 23.2 Å². The van der Waals surface area contributed by atoms with Gasteiger partial charge in [-0.2, -0.15) is 0 Å². The molecule has 24 heavy (non-hydrogen) atoms. The Morgan fingerprint density at radius 3 is 2.79 bits per heavy atom. The second kappa shape index (κ2) is 7.68. The Hall–Kier alpha value is -1.36. The van der Waals surface area contributed by atoms with E-state index >= 15 is 0 Å². The van der Waals surface area contributed by atoms with Crippen molar-refractivity contribution in [3.63, 3.8) is 0 Å². The summed E-state index contributed by atoms with van der Waals surface area (Å²) in [5.41, 5.74) is 2.20. The molecule has 128 valence electrons. The molecule has 2 aromatic rings. The molecule has 1 aromatic heterocycles. The van der Waals surface area contributed by atoms with Crippen LogP contribution in [0.25, 0.3) is 0 Å². The molecule has 1 saturated heterocycles. The van der Waals surface area contributed by atoms with E-state index in [0.717, 1.165) is 31.1 Å². The van der Waals surface area contributed by atoms with E-state index in [1.54, 1.807) is 6.33 Å². The molecule has 0 radical (unpaired) electrons. The van der Waals surface area contributed by atoms with E-state index in [9.17, 15) is 0 Å². The van der Waals surface area contributed by atoms with Crippen LogP contribution in [0, 0.1) is 6.92 Å². The van der Waals surface area contributed by atoms with Crippen LogP contribution in [0.5, 0.6) is 0 Å². The number of rotatable bonds is 4. The van der Waals surface area contributed by atoms with Crippen molar-refractivity contribution in [2.24, 2.45) is 0 Å². The Kier molecular flexibility index (Phi) is 5.59. The molecule has 0 N–H and O–H groups in total. The van der Waals surface area contributed by atoms with E-state index in [1.807, 2.05) is 25.1 Å². The van der Waals surface area contributed by atoms with Crippen molar-refractivity contribution in [3.8, 4) is 0 Å². The normalized spacial score (nSPS) is 18.6. The Bertz CT molecular complexity index is 707. The van der Waals surface area contributed by atoms with E-state index in [2.05, 4.69) is 32.9 Å². The summed E-state index contributed by atoms with van der Waals surface area (Å²) in [6.45, 7) is 5.01. The van der Waals surface area contributed by atoms with Crippen LogP contribution >= 0.6 is 23.2 Å². The Balaban J connectivity index is 1.66. The highest BCUT2D eigenvalue weighted by Gasteiger charge is 2.24. The predicted molar refractivity (Wildman–Crippen MR) is 99.9 cm³/mol. The third kappa shape index (κ3) is 4.18. The zero-order chi connectivity index (χ0) is 17.1. The van der Waals surface area contributed by atoms with Gasteiger partial charge in [-0.15, -0.1) is 0 Å². The van der Waals surface area contributed by atoms with Gasteiger partial charge in [0.15, 0.2) is 0 Å². The van der Waals surface area contributed by atoms with Crippen LogP contribution in [-0.2, 0) is 6.54 Å². The average Bonchev–Trinajstić information content (AvgIpc) is 2.58. The maximum atomic E-state index is 6.13. The van der Waals surface area contributed by atoms with Crippen molar-refractivity contribution in [2.75, 3.05) is 25.0 Å². The number of benzene rings is 1. The van der Waals surface area contributed by atoms with E-state index < -0.39 is 0 Å². The summed E-state index contributed by atoms with van der Waals surface area (Å²) in [7, 11) is 2.12. The first-order chi connectivity index (χ1) is 11.5. The van der Waals surface area contributed by atoms with Gasteiger partial charge >= 0.3 is 0 Å². The van der Waals surface area contributed by atoms with Crippen molar-refractivity contribution in [3.05, 3.63) is 51.9 Å². The van der Waals surface area contributed by atoms with Gasteiger partial charge < -0.3 is 4.90 Å². The van der Waals surface area contributed by atoms with Crippen LogP contribution in [0.15, 0.2) is 30.6 Å². The first kappa shape index (κ1) is 17.5. The summed E-state index contributed by atoms with van der Waals surface area (Å²) in [6.07, 6.45) is 4.00. The molecule has 1 aliphatic rings. The van der Waals surface area contributed by atoms with Crippen LogP contribution < -0.4 is 4.90 Å². The van der Waals surface area contributed by atoms with Crippen LogP contribution in [0.3, 0.4) is 0 Å². The fourth-order valence-corrected chi connectivity index (χ4v) is 3.53. The third-order valence-electron chi connectivity index (χ3n) is 4.57. The summed E-state index contributed by atoms with van der Waals surface area (Å²) < 4.78 is 0. The van der Waals surface area contributed by atoms with Gasteiger partial charge in [-0.1, -0.05) is 29.3 Å². The number of likely N-dealkylation sites (N-methyl/N-ethyl adjacent to an activating group) is 1. The average molecular weight is 365 g/mol. The van der Waals surface area contributed by atoms with Crippen molar-refractivity contribution >= 4 is 29.0 Å². The second-order valence-electron chi connectivity index (χ2n) is 6.41. The molecule has 1 unspecified atom stereocenters. The maximum absolute atomic E-state index is 6.13. The molecule has 1 aliphatic heterocycles. The molecule has 0 amide bonds. The second-order valence-corrected chi connectivity index (χ2v) is 7.22. The molecule has 6 heteroatoms. The number of halogens is 2. The third-order valence-corrected chi connectivity index (χ3v) is 5.31. The van der Waals surface area contributed by atoms with Crippen LogP contribution in [0.1, 0.15) is 24.1 Å². The predicted octanol–water partition coefficient (Wildman–Crippen LogP) is 4.19. The van der Waals surface area contributed by atoms with E-state index in [-0.39, 0.29) is 0 Å². The molecule has 3 rings (SSSR count). The van der Waals surface area contributed by atoms with Crippen LogP contribution in [-0.4, -0.2) is 41.0 Å². The van der Waals surface area contributed by atoms with Crippen molar-refractivity contribution < 1.29 is 0 Å². The van der Waals surface area contributed by atoms with Crippen molar-refractivity contribution in [1.29, 1.82) is 0 Å². The molecule has 2 heterocycles. The molecule has 1 fully saturated rings. The summed E-state index contributed by atoms with van der Waals surface area (Å²) in [4.78, 5) is 13.3. The minimum absolute atomic E-state index is 0.454. The Morgan fingerprint density at radius 1 is 1.21 bits per heavy atom. The molecule has 4 nitrogen and oxygen atoms in total. The van der Waals surface area contributed by atoms with Gasteiger partial charge in [0.1, 0.15) is 12.1 Å². The lowest BCUT2D eigenvalue weighted by Crippen LogP contribution is -2.46. The number of aryl methyl sites for hydroxylation is 1. The van der Waals surface area contributed by atoms with Gasteiger partial charge in [0.25, 0.3) is 0 Å². The highest BCUT2D eigenvalue weighted by molar-refractivity contribution is 6.42. The van der Waals surface area contributed by atoms with Crippen molar-refractivity contribution in [2.45, 2.75) is 32.4 Å². The van der Waals surface area contributed by atoms with Crippen LogP contribution in [0.4, 0.5) is 5.82 Å². The van der Waals surface area contributed by atoms with Gasteiger partial charge in [0.2, 0.25) is 0 Å². The fraction of sp³-hybridized carbons (Fsp3) is 0.444. The number of aromatic nitrogens is 2. The highest BCUT2D eigenvalue weighted by Crippen LogP contribution is 2.25. The summed E-state index contributed by atoms with van der Waals surface area (Å²) in [5, 5.41) is 1.23. The van der Waals surface area contributed by atoms with Crippen LogP contribution in [0.2, 0.25) is 10.0 Å². The number of hydrogen-bond acceptors (Lipinski definition) is 4. The zero-order valence-electron chi connectivity index (χ0n) is 14.0. The lowest BCUT2D eigenvalue weighted by atomic mass is 10.0. The van der Waals surface area contributed by atoms with Crippen molar-refractivity contribution in [1.82, 2.24) is 14.9 Å². The minimum Gasteiger partial charge on any atom is -0.355 e. The quantitative estimate of drug-likeness (QED) is 0.813. The monoisotopic (exact) mass is 364 g/mol. The molecule has 0 spiro atoms. The lowest BCUT2D eigenvalue weighted by Gasteiger charge is -2.38. The number of anilines is 1. The lowest BCUT2D eigenvalue weighted by molar-refractivity contribution is 0.198. The summed E-state index contributed by atoms with van der Waals surface area (Å²) in [5.74, 6) is 0.990. The molecular formula is C18H22Cl2N4. The molecular weight excluding hydrogens is 343 g/mol. The summed E-state index contributed by atoms with van der Waals surface area (Å²) in [6, 6.07) is 8.38. The van der Waals surface area contributed by atoms with Gasteiger partial charge in [0.05, 0.1) is 10.0 Å². The molecule has 1 aromatic carbocycles. The molecule has 0 aliphatic carbocycles.